The molecular weight excluding hydrogens is 404 g/mol. The predicted molar refractivity (Wildman–Crippen MR) is 127 cm³/mol. The van der Waals surface area contributed by atoms with E-state index in [0.29, 0.717) is 24.5 Å². The van der Waals surface area contributed by atoms with Gasteiger partial charge in [0.25, 0.3) is 5.91 Å². The number of amides is 2. The Morgan fingerprint density at radius 2 is 1.81 bits per heavy atom. The van der Waals surface area contributed by atoms with Crippen LogP contribution in [0.3, 0.4) is 0 Å². The van der Waals surface area contributed by atoms with Crippen LogP contribution in [-0.2, 0) is 16.1 Å². The fraction of sp³-hybridized carbons (Fsp3) is 0.462. The number of rotatable bonds is 11. The average Bonchev–Trinajstić information content (AvgIpc) is 2.79. The first-order valence-corrected chi connectivity index (χ1v) is 11.2. The SMILES string of the molecule is CC[C@H](C(=O)N[C@@H](C)CC)N(Cc1cccc(OC)c1)C(=O)COc1cc(C)ccc1C. The molecule has 1 N–H and O–H groups in total. The number of hydrogen-bond donors (Lipinski definition) is 1. The highest BCUT2D eigenvalue weighted by molar-refractivity contribution is 5.88. The van der Waals surface area contributed by atoms with Crippen molar-refractivity contribution in [3.63, 3.8) is 0 Å². The van der Waals surface area contributed by atoms with Crippen molar-refractivity contribution in [2.24, 2.45) is 0 Å². The summed E-state index contributed by atoms with van der Waals surface area (Å²) < 4.78 is 11.2. The van der Waals surface area contributed by atoms with Crippen LogP contribution in [0, 0.1) is 13.8 Å². The summed E-state index contributed by atoms with van der Waals surface area (Å²) in [5.41, 5.74) is 2.91. The Morgan fingerprint density at radius 1 is 1.06 bits per heavy atom. The van der Waals surface area contributed by atoms with Gasteiger partial charge in [0, 0.05) is 12.6 Å². The second-order valence-corrected chi connectivity index (χ2v) is 8.17. The van der Waals surface area contributed by atoms with Crippen LogP contribution >= 0.6 is 0 Å². The Bertz CT molecular complexity index is 912. The fourth-order valence-corrected chi connectivity index (χ4v) is 3.41. The van der Waals surface area contributed by atoms with E-state index in [1.54, 1.807) is 12.0 Å². The largest absolute Gasteiger partial charge is 0.497 e. The summed E-state index contributed by atoms with van der Waals surface area (Å²) >= 11 is 0. The molecule has 0 aliphatic carbocycles. The molecule has 6 nitrogen and oxygen atoms in total. The summed E-state index contributed by atoms with van der Waals surface area (Å²) in [4.78, 5) is 27.9. The highest BCUT2D eigenvalue weighted by Crippen LogP contribution is 2.21. The molecule has 2 amide bonds. The van der Waals surface area contributed by atoms with Gasteiger partial charge in [0.1, 0.15) is 17.5 Å². The number of carbonyl (C=O) groups is 2. The van der Waals surface area contributed by atoms with Crippen molar-refractivity contribution in [1.82, 2.24) is 10.2 Å². The van der Waals surface area contributed by atoms with Crippen LogP contribution in [-0.4, -0.2) is 42.5 Å². The van der Waals surface area contributed by atoms with Crippen molar-refractivity contribution in [3.05, 3.63) is 59.2 Å². The van der Waals surface area contributed by atoms with Gasteiger partial charge in [-0.1, -0.05) is 38.1 Å². The Hall–Kier alpha value is -3.02. The summed E-state index contributed by atoms with van der Waals surface area (Å²) in [5, 5.41) is 3.02. The van der Waals surface area contributed by atoms with Crippen molar-refractivity contribution in [2.75, 3.05) is 13.7 Å². The molecule has 0 bridgehead atoms. The van der Waals surface area contributed by atoms with Gasteiger partial charge < -0.3 is 19.7 Å². The van der Waals surface area contributed by atoms with Crippen LogP contribution in [0.15, 0.2) is 42.5 Å². The molecule has 0 fully saturated rings. The molecule has 2 atom stereocenters. The van der Waals surface area contributed by atoms with Crippen molar-refractivity contribution in [3.8, 4) is 11.5 Å². The van der Waals surface area contributed by atoms with E-state index in [1.165, 1.54) is 0 Å². The molecule has 0 saturated carbocycles. The van der Waals surface area contributed by atoms with Crippen LogP contribution < -0.4 is 14.8 Å². The summed E-state index contributed by atoms with van der Waals surface area (Å²) in [6.45, 7) is 9.97. The predicted octanol–water partition coefficient (Wildman–Crippen LogP) is 4.41. The summed E-state index contributed by atoms with van der Waals surface area (Å²) in [6, 6.07) is 12.9. The van der Waals surface area contributed by atoms with Gasteiger partial charge in [-0.25, -0.2) is 0 Å². The van der Waals surface area contributed by atoms with Crippen molar-refractivity contribution >= 4 is 11.8 Å². The highest BCUT2D eigenvalue weighted by Gasteiger charge is 2.29. The molecule has 0 aliphatic rings. The summed E-state index contributed by atoms with van der Waals surface area (Å²) in [5.74, 6) is 1.00. The minimum atomic E-state index is -0.593. The molecule has 32 heavy (non-hydrogen) atoms. The minimum absolute atomic E-state index is 0.0384. The number of benzene rings is 2. The molecular formula is C26H36N2O4. The fourth-order valence-electron chi connectivity index (χ4n) is 3.41. The lowest BCUT2D eigenvalue weighted by atomic mass is 10.1. The van der Waals surface area contributed by atoms with E-state index in [2.05, 4.69) is 5.32 Å². The van der Waals surface area contributed by atoms with E-state index in [4.69, 9.17) is 9.47 Å². The zero-order chi connectivity index (χ0) is 23.7. The van der Waals surface area contributed by atoms with Gasteiger partial charge in [0.2, 0.25) is 5.91 Å². The lowest BCUT2D eigenvalue weighted by molar-refractivity contribution is -0.143. The second-order valence-electron chi connectivity index (χ2n) is 8.17. The van der Waals surface area contributed by atoms with Crippen LogP contribution in [0.1, 0.15) is 50.3 Å². The Kier molecular flexibility index (Phi) is 9.57. The number of nitrogens with zero attached hydrogens (tertiary/aromatic N) is 1. The second kappa shape index (κ2) is 12.1. The molecule has 174 valence electrons. The molecule has 0 radical (unpaired) electrons. The molecule has 2 rings (SSSR count). The maximum absolute atomic E-state index is 13.3. The maximum atomic E-state index is 13.3. The Labute approximate surface area is 191 Å². The molecule has 6 heteroatoms. The lowest BCUT2D eigenvalue weighted by Crippen LogP contribution is -2.51. The molecule has 0 spiro atoms. The molecule has 2 aromatic carbocycles. The number of hydrogen-bond acceptors (Lipinski definition) is 4. The van der Waals surface area contributed by atoms with Gasteiger partial charge in [-0.05, 0) is 68.5 Å². The van der Waals surface area contributed by atoms with Crippen LogP contribution in [0.2, 0.25) is 0 Å². The van der Waals surface area contributed by atoms with Gasteiger partial charge in [0.15, 0.2) is 6.61 Å². The van der Waals surface area contributed by atoms with Gasteiger partial charge in [-0.3, -0.25) is 9.59 Å². The van der Waals surface area contributed by atoms with E-state index in [1.807, 2.05) is 77.1 Å². The third-order valence-corrected chi connectivity index (χ3v) is 5.57. The normalized spacial score (nSPS) is 12.6. The zero-order valence-corrected chi connectivity index (χ0v) is 20.1. The van der Waals surface area contributed by atoms with E-state index in [-0.39, 0.29) is 24.5 Å². The highest BCUT2D eigenvalue weighted by atomic mass is 16.5. The van der Waals surface area contributed by atoms with E-state index in [9.17, 15) is 9.59 Å². The summed E-state index contributed by atoms with van der Waals surface area (Å²) in [7, 11) is 1.61. The first kappa shape index (κ1) is 25.2. The number of aryl methyl sites for hydroxylation is 2. The lowest BCUT2D eigenvalue weighted by Gasteiger charge is -2.31. The van der Waals surface area contributed by atoms with E-state index in [0.717, 1.165) is 23.1 Å². The number of ether oxygens (including phenoxy) is 2. The van der Waals surface area contributed by atoms with Gasteiger partial charge in [-0.15, -0.1) is 0 Å². The van der Waals surface area contributed by atoms with E-state index < -0.39 is 6.04 Å². The molecule has 0 unspecified atom stereocenters. The number of nitrogens with one attached hydrogen (secondary N) is 1. The third-order valence-electron chi connectivity index (χ3n) is 5.57. The van der Waals surface area contributed by atoms with Crippen molar-refractivity contribution < 1.29 is 19.1 Å². The molecule has 0 aromatic heterocycles. The van der Waals surface area contributed by atoms with Crippen molar-refractivity contribution in [2.45, 2.75) is 66.1 Å². The first-order valence-electron chi connectivity index (χ1n) is 11.2. The third kappa shape index (κ3) is 7.01. The van der Waals surface area contributed by atoms with Gasteiger partial charge >= 0.3 is 0 Å². The first-order chi connectivity index (χ1) is 15.3. The number of methoxy groups -OCH3 is 1. The molecule has 0 saturated heterocycles. The van der Waals surface area contributed by atoms with Crippen molar-refractivity contribution in [1.29, 1.82) is 0 Å². The van der Waals surface area contributed by atoms with Gasteiger partial charge in [-0.2, -0.15) is 0 Å². The van der Waals surface area contributed by atoms with Crippen LogP contribution in [0.4, 0.5) is 0 Å². The summed E-state index contributed by atoms with van der Waals surface area (Å²) in [6.07, 6.45) is 1.32. The smallest absolute Gasteiger partial charge is 0.261 e. The molecule has 2 aromatic rings. The van der Waals surface area contributed by atoms with Gasteiger partial charge in [0.05, 0.1) is 7.11 Å². The Morgan fingerprint density at radius 3 is 2.47 bits per heavy atom. The van der Waals surface area contributed by atoms with Crippen LogP contribution in [0.25, 0.3) is 0 Å². The minimum Gasteiger partial charge on any atom is -0.497 e. The number of carbonyl (C=O) groups excluding carboxylic acids is 2. The standard InChI is InChI=1S/C26H36N2O4/c1-7-20(5)27-26(30)23(8-2)28(16-21-10-9-11-22(15-21)31-6)25(29)17-32-24-14-18(3)12-13-19(24)4/h9-15,20,23H,7-8,16-17H2,1-6H3,(H,27,30)/t20-,23+/m0/s1. The topological polar surface area (TPSA) is 67.9 Å². The Balaban J connectivity index is 2.27. The van der Waals surface area contributed by atoms with E-state index >= 15 is 0 Å². The zero-order valence-electron chi connectivity index (χ0n) is 20.1. The molecule has 0 heterocycles. The maximum Gasteiger partial charge on any atom is 0.261 e. The quantitative estimate of drug-likeness (QED) is 0.562. The molecule has 0 aliphatic heterocycles. The van der Waals surface area contributed by atoms with Crippen LogP contribution in [0.5, 0.6) is 11.5 Å². The average molecular weight is 441 g/mol. The monoisotopic (exact) mass is 440 g/mol.